The molecule has 1 aliphatic rings. The van der Waals surface area contributed by atoms with Crippen LogP contribution in [0.5, 0.6) is 0 Å². The number of thioether (sulfide) groups is 1. The van der Waals surface area contributed by atoms with Gasteiger partial charge in [0.25, 0.3) is 0 Å². The number of piperidine rings is 1. The second-order valence-electron chi connectivity index (χ2n) is 7.53. The lowest BCUT2D eigenvalue weighted by Crippen LogP contribution is -2.35. The molecule has 168 valence electrons. The molecule has 11 heteroatoms. The SMILES string of the molecule is CCn1c(SCc2nc(-c3cccs3)no2)nc2cc(S(=O)(=O)N3CCCCC3)ccc21. The number of hydrogen-bond donors (Lipinski definition) is 0. The number of fused-ring (bicyclic) bond motifs is 1. The molecule has 32 heavy (non-hydrogen) atoms. The maximum Gasteiger partial charge on any atom is 0.243 e. The minimum atomic E-state index is -3.49. The number of aryl methyl sites for hydroxylation is 1. The van der Waals surface area contributed by atoms with Crippen molar-refractivity contribution in [3.05, 3.63) is 41.6 Å². The van der Waals surface area contributed by atoms with Crippen LogP contribution in [0.4, 0.5) is 0 Å². The second-order valence-corrected chi connectivity index (χ2v) is 11.4. The van der Waals surface area contributed by atoms with Crippen molar-refractivity contribution in [2.24, 2.45) is 0 Å². The molecular formula is C21H23N5O3S3. The molecule has 0 bridgehead atoms. The summed E-state index contributed by atoms with van der Waals surface area (Å²) in [4.78, 5) is 10.5. The first kappa shape index (κ1) is 21.6. The van der Waals surface area contributed by atoms with E-state index in [-0.39, 0.29) is 0 Å². The van der Waals surface area contributed by atoms with E-state index >= 15 is 0 Å². The minimum absolute atomic E-state index is 0.307. The Bertz CT molecular complexity index is 1320. The Morgan fingerprint density at radius 2 is 2.00 bits per heavy atom. The Kier molecular flexibility index (Phi) is 6.06. The van der Waals surface area contributed by atoms with Crippen LogP contribution in [0.15, 0.2) is 50.3 Å². The highest BCUT2D eigenvalue weighted by atomic mass is 32.2. The maximum absolute atomic E-state index is 13.1. The predicted molar refractivity (Wildman–Crippen MR) is 125 cm³/mol. The summed E-state index contributed by atoms with van der Waals surface area (Å²) in [6, 6.07) is 9.15. The van der Waals surface area contributed by atoms with Crippen LogP contribution in [0.3, 0.4) is 0 Å². The molecule has 1 saturated heterocycles. The van der Waals surface area contributed by atoms with E-state index in [0.29, 0.717) is 41.0 Å². The topological polar surface area (TPSA) is 94.1 Å². The van der Waals surface area contributed by atoms with E-state index in [1.54, 1.807) is 27.8 Å². The molecule has 1 aromatic carbocycles. The molecule has 0 unspecified atom stereocenters. The summed E-state index contributed by atoms with van der Waals surface area (Å²) in [5.74, 6) is 1.61. The van der Waals surface area contributed by atoms with Gasteiger partial charge in [-0.05, 0) is 49.4 Å². The first-order chi connectivity index (χ1) is 15.6. The summed E-state index contributed by atoms with van der Waals surface area (Å²) >= 11 is 3.07. The van der Waals surface area contributed by atoms with Crippen molar-refractivity contribution in [3.63, 3.8) is 0 Å². The molecule has 4 aromatic rings. The quantitative estimate of drug-likeness (QED) is 0.349. The first-order valence-corrected chi connectivity index (χ1v) is 13.9. The highest BCUT2D eigenvalue weighted by Gasteiger charge is 2.26. The van der Waals surface area contributed by atoms with Crippen LogP contribution in [0.2, 0.25) is 0 Å². The Morgan fingerprint density at radius 3 is 2.75 bits per heavy atom. The zero-order valence-corrected chi connectivity index (χ0v) is 20.0. The van der Waals surface area contributed by atoms with E-state index in [2.05, 4.69) is 14.7 Å². The fourth-order valence-corrected chi connectivity index (χ4v) is 6.97. The Morgan fingerprint density at radius 1 is 1.16 bits per heavy atom. The van der Waals surface area contributed by atoms with Crippen molar-refractivity contribution in [2.75, 3.05) is 13.1 Å². The number of aromatic nitrogens is 4. The highest BCUT2D eigenvalue weighted by molar-refractivity contribution is 7.98. The summed E-state index contributed by atoms with van der Waals surface area (Å²) in [6.45, 7) is 3.94. The Hall–Kier alpha value is -2.21. The van der Waals surface area contributed by atoms with Crippen molar-refractivity contribution < 1.29 is 12.9 Å². The predicted octanol–water partition coefficient (Wildman–Crippen LogP) is 4.63. The van der Waals surface area contributed by atoms with Crippen LogP contribution >= 0.6 is 23.1 Å². The molecule has 0 radical (unpaired) electrons. The van der Waals surface area contributed by atoms with Crippen molar-refractivity contribution in [1.29, 1.82) is 0 Å². The van der Waals surface area contributed by atoms with E-state index in [0.717, 1.165) is 41.4 Å². The molecule has 0 spiro atoms. The molecule has 3 aromatic heterocycles. The number of hydrogen-bond acceptors (Lipinski definition) is 8. The van der Waals surface area contributed by atoms with Crippen molar-refractivity contribution in [1.82, 2.24) is 24.0 Å². The average Bonchev–Trinajstić information content (AvgIpc) is 3.57. The molecule has 5 rings (SSSR count). The number of sulfonamides is 1. The van der Waals surface area contributed by atoms with Crippen molar-refractivity contribution in [3.8, 4) is 10.7 Å². The highest BCUT2D eigenvalue weighted by Crippen LogP contribution is 2.30. The van der Waals surface area contributed by atoms with Crippen LogP contribution < -0.4 is 0 Å². The van der Waals surface area contributed by atoms with Gasteiger partial charge in [0, 0.05) is 19.6 Å². The molecule has 1 fully saturated rings. The maximum atomic E-state index is 13.1. The van der Waals surface area contributed by atoms with Crippen molar-refractivity contribution >= 4 is 44.2 Å². The molecule has 1 aliphatic heterocycles. The second kappa shape index (κ2) is 8.97. The van der Waals surface area contributed by atoms with E-state index < -0.39 is 10.0 Å². The van der Waals surface area contributed by atoms with Crippen LogP contribution in [-0.2, 0) is 22.3 Å². The van der Waals surface area contributed by atoms with Crippen LogP contribution in [0.25, 0.3) is 21.7 Å². The van der Waals surface area contributed by atoms with Crippen LogP contribution in [-0.4, -0.2) is 45.5 Å². The van der Waals surface area contributed by atoms with Gasteiger partial charge in [-0.25, -0.2) is 13.4 Å². The van der Waals surface area contributed by atoms with E-state index in [9.17, 15) is 8.42 Å². The third-order valence-corrected chi connectivity index (χ3v) is 9.21. The number of thiophene rings is 1. The summed E-state index contributed by atoms with van der Waals surface area (Å²) < 4.78 is 35.2. The molecule has 0 amide bonds. The monoisotopic (exact) mass is 489 g/mol. The van der Waals surface area contributed by atoms with Gasteiger partial charge in [0.2, 0.25) is 21.7 Å². The molecule has 0 saturated carbocycles. The minimum Gasteiger partial charge on any atom is -0.338 e. The zero-order chi connectivity index (χ0) is 22.1. The summed E-state index contributed by atoms with van der Waals surface area (Å²) in [5.41, 5.74) is 1.59. The lowest BCUT2D eigenvalue weighted by Gasteiger charge is -2.25. The molecule has 4 heterocycles. The smallest absolute Gasteiger partial charge is 0.243 e. The normalized spacial score (nSPS) is 15.5. The van der Waals surface area contributed by atoms with E-state index in [1.165, 1.54) is 11.8 Å². The van der Waals surface area contributed by atoms with E-state index in [4.69, 9.17) is 9.51 Å². The van der Waals surface area contributed by atoms with Gasteiger partial charge in [0.05, 0.1) is 26.6 Å². The van der Waals surface area contributed by atoms with Crippen LogP contribution in [0, 0.1) is 0 Å². The number of imidazole rings is 1. The summed E-state index contributed by atoms with van der Waals surface area (Å²) in [6.07, 6.45) is 2.91. The third-order valence-electron chi connectivity index (χ3n) is 5.49. The largest absolute Gasteiger partial charge is 0.338 e. The number of benzene rings is 1. The Labute approximate surface area is 194 Å². The molecule has 0 aliphatic carbocycles. The van der Waals surface area contributed by atoms with Gasteiger partial charge in [-0.15, -0.1) is 11.3 Å². The molecule has 0 N–H and O–H groups in total. The third kappa shape index (κ3) is 4.09. The first-order valence-electron chi connectivity index (χ1n) is 10.6. The van der Waals surface area contributed by atoms with Gasteiger partial charge in [0.1, 0.15) is 0 Å². The summed E-state index contributed by atoms with van der Waals surface area (Å²) in [5, 5.41) is 6.82. The van der Waals surface area contributed by atoms with Crippen molar-refractivity contribution in [2.45, 2.75) is 48.5 Å². The van der Waals surface area contributed by atoms with Gasteiger partial charge >= 0.3 is 0 Å². The van der Waals surface area contributed by atoms with Gasteiger partial charge in [-0.1, -0.05) is 29.4 Å². The van der Waals surface area contributed by atoms with Gasteiger partial charge in [-0.2, -0.15) is 9.29 Å². The number of rotatable bonds is 7. The fraction of sp³-hybridized carbons (Fsp3) is 0.381. The lowest BCUT2D eigenvalue weighted by atomic mass is 10.2. The fourth-order valence-electron chi connectivity index (χ4n) is 3.86. The Balaban J connectivity index is 1.39. The van der Waals surface area contributed by atoms with Gasteiger partial charge in [-0.3, -0.25) is 0 Å². The van der Waals surface area contributed by atoms with Crippen LogP contribution in [0.1, 0.15) is 32.1 Å². The zero-order valence-electron chi connectivity index (χ0n) is 17.6. The molecule has 8 nitrogen and oxygen atoms in total. The number of nitrogens with zero attached hydrogens (tertiary/aromatic N) is 5. The van der Waals surface area contributed by atoms with Gasteiger partial charge < -0.3 is 9.09 Å². The standard InChI is InChI=1S/C21H23N5O3S3/c1-2-26-17-9-8-15(32(27,28)25-10-4-3-5-11-25)13-16(17)22-21(26)31-14-19-23-20(24-29-19)18-7-6-12-30-18/h6-9,12-13H,2-5,10-11,14H2,1H3. The summed E-state index contributed by atoms with van der Waals surface area (Å²) in [7, 11) is -3.49. The van der Waals surface area contributed by atoms with E-state index in [1.807, 2.05) is 30.5 Å². The lowest BCUT2D eigenvalue weighted by molar-refractivity contribution is 0.346. The average molecular weight is 490 g/mol. The van der Waals surface area contributed by atoms with Gasteiger partial charge in [0.15, 0.2) is 5.16 Å². The molecular weight excluding hydrogens is 466 g/mol. The molecule has 0 atom stereocenters.